The summed E-state index contributed by atoms with van der Waals surface area (Å²) < 4.78 is 0. The molecule has 1 aromatic heterocycles. The monoisotopic (exact) mass is 142 g/mol. The Morgan fingerprint density at radius 1 is 1.60 bits per heavy atom. The molecule has 0 spiro atoms. The second-order valence-electron chi connectivity index (χ2n) is 1.53. The summed E-state index contributed by atoms with van der Waals surface area (Å²) in [5.74, 6) is 0. The Kier molecular flexibility index (Phi) is 4.49. The number of nitrogens with two attached hydrogens (primary N) is 1. The zero-order valence-corrected chi connectivity index (χ0v) is 6.70. The highest BCUT2D eigenvalue weighted by Crippen LogP contribution is 1.84. The predicted molar refractivity (Wildman–Crippen MR) is 40.2 cm³/mol. The van der Waals surface area contributed by atoms with Gasteiger partial charge in [-0.05, 0) is 0 Å². The van der Waals surface area contributed by atoms with Crippen molar-refractivity contribution < 1.29 is 0 Å². The summed E-state index contributed by atoms with van der Waals surface area (Å²) >= 11 is 0. The Hall–Kier alpha value is -0.900. The first-order valence-electron chi connectivity index (χ1n) is 3.38. The average molecular weight is 142 g/mol. The van der Waals surface area contributed by atoms with E-state index in [4.69, 9.17) is 5.73 Å². The molecule has 0 atom stereocenters. The first-order valence-corrected chi connectivity index (χ1v) is 3.38. The largest absolute Gasteiger partial charge is 0.325 e. The molecule has 1 aromatic rings. The Labute approximate surface area is 61.0 Å². The number of hydrogen-bond donors (Lipinski definition) is 1. The number of hydrogen-bond acceptors (Lipinski definition) is 3. The van der Waals surface area contributed by atoms with Gasteiger partial charge in [-0.25, -0.2) is 0 Å². The highest BCUT2D eigenvalue weighted by molar-refractivity contribution is 4.88. The van der Waals surface area contributed by atoms with Gasteiger partial charge in [-0.15, -0.1) is 0 Å². The van der Waals surface area contributed by atoms with Crippen LogP contribution >= 0.6 is 0 Å². The zero-order chi connectivity index (χ0) is 7.98. The van der Waals surface area contributed by atoms with Crippen LogP contribution in [0.1, 0.15) is 19.5 Å². The van der Waals surface area contributed by atoms with Crippen molar-refractivity contribution in [1.82, 2.24) is 15.0 Å². The van der Waals surface area contributed by atoms with Gasteiger partial charge in [0, 0.05) is 13.6 Å². The van der Waals surface area contributed by atoms with Crippen molar-refractivity contribution in [1.29, 1.82) is 0 Å². The molecule has 0 aliphatic heterocycles. The molecule has 1 rings (SSSR count). The fourth-order valence-electron chi connectivity index (χ4n) is 0.481. The summed E-state index contributed by atoms with van der Waals surface area (Å²) in [6.07, 6.45) is 1.65. The number of nitrogens with zero attached hydrogens (tertiary/aromatic N) is 3. The van der Waals surface area contributed by atoms with E-state index in [-0.39, 0.29) is 0 Å². The Morgan fingerprint density at radius 2 is 2.20 bits per heavy atom. The molecule has 0 unspecified atom stereocenters. The van der Waals surface area contributed by atoms with Crippen molar-refractivity contribution in [2.75, 3.05) is 0 Å². The van der Waals surface area contributed by atoms with Gasteiger partial charge in [0.1, 0.15) is 0 Å². The van der Waals surface area contributed by atoms with E-state index in [1.807, 2.05) is 13.8 Å². The van der Waals surface area contributed by atoms with Crippen LogP contribution in [0.4, 0.5) is 0 Å². The summed E-state index contributed by atoms with van der Waals surface area (Å²) in [6.45, 7) is 4.47. The van der Waals surface area contributed by atoms with Crippen molar-refractivity contribution in [3.05, 3.63) is 11.9 Å². The third kappa shape index (κ3) is 2.59. The zero-order valence-electron chi connectivity index (χ0n) is 6.70. The van der Waals surface area contributed by atoms with Crippen molar-refractivity contribution in [2.24, 2.45) is 12.8 Å². The summed E-state index contributed by atoms with van der Waals surface area (Å²) in [5, 5.41) is 7.72. The van der Waals surface area contributed by atoms with E-state index in [1.54, 1.807) is 13.2 Å². The maximum absolute atomic E-state index is 5.25. The normalized spacial score (nSPS) is 8.40. The van der Waals surface area contributed by atoms with Crippen LogP contribution in [0, 0.1) is 0 Å². The van der Waals surface area contributed by atoms with Crippen molar-refractivity contribution in [2.45, 2.75) is 20.4 Å². The second kappa shape index (κ2) is 4.93. The van der Waals surface area contributed by atoms with Crippen LogP contribution in [-0.4, -0.2) is 15.0 Å². The number of aromatic nitrogens is 3. The molecule has 0 aromatic carbocycles. The van der Waals surface area contributed by atoms with E-state index in [0.29, 0.717) is 6.54 Å². The second-order valence-corrected chi connectivity index (χ2v) is 1.53. The topological polar surface area (TPSA) is 56.7 Å². The SMILES string of the molecule is CC.Cn1ncc(CN)n1. The van der Waals surface area contributed by atoms with Gasteiger partial charge in [0.25, 0.3) is 0 Å². The van der Waals surface area contributed by atoms with Crippen molar-refractivity contribution in [3.8, 4) is 0 Å². The van der Waals surface area contributed by atoms with Gasteiger partial charge in [0.15, 0.2) is 0 Å². The maximum atomic E-state index is 5.25. The summed E-state index contributed by atoms with van der Waals surface area (Å²) in [6, 6.07) is 0. The summed E-state index contributed by atoms with van der Waals surface area (Å²) in [7, 11) is 1.76. The lowest BCUT2D eigenvalue weighted by Crippen LogP contribution is -1.98. The molecule has 0 aliphatic rings. The van der Waals surface area contributed by atoms with E-state index in [9.17, 15) is 0 Å². The minimum absolute atomic E-state index is 0.466. The number of aryl methyl sites for hydroxylation is 1. The molecule has 58 valence electrons. The molecule has 0 amide bonds. The first kappa shape index (κ1) is 9.10. The Balaban J connectivity index is 0.000000371. The van der Waals surface area contributed by atoms with Crippen molar-refractivity contribution >= 4 is 0 Å². The minimum Gasteiger partial charge on any atom is -0.325 e. The van der Waals surface area contributed by atoms with Crippen LogP contribution in [0.25, 0.3) is 0 Å². The molecule has 0 radical (unpaired) electrons. The first-order chi connectivity index (χ1) is 4.83. The lowest BCUT2D eigenvalue weighted by Gasteiger charge is -1.81. The van der Waals surface area contributed by atoms with Crippen LogP contribution < -0.4 is 5.73 Å². The maximum Gasteiger partial charge on any atom is 0.0962 e. The van der Waals surface area contributed by atoms with E-state index < -0.39 is 0 Å². The van der Waals surface area contributed by atoms with Gasteiger partial charge < -0.3 is 5.73 Å². The molecule has 0 aliphatic carbocycles. The molecular weight excluding hydrogens is 128 g/mol. The average Bonchev–Trinajstić information content (AvgIpc) is 2.40. The van der Waals surface area contributed by atoms with Crippen LogP contribution in [0.15, 0.2) is 6.20 Å². The van der Waals surface area contributed by atoms with E-state index in [2.05, 4.69) is 10.2 Å². The van der Waals surface area contributed by atoms with Gasteiger partial charge in [0.05, 0.1) is 11.9 Å². The molecule has 0 bridgehead atoms. The predicted octanol–water partition coefficient (Wildman–Crippen LogP) is 0.300. The quantitative estimate of drug-likeness (QED) is 0.613. The standard InChI is InChI=1S/C4H8N4.C2H6/c1-8-6-3-4(2-5)7-8;1-2/h3H,2,5H2,1H3;1-2H3. The lowest BCUT2D eigenvalue weighted by atomic mass is 10.5. The molecule has 4 heteroatoms. The molecule has 10 heavy (non-hydrogen) atoms. The van der Waals surface area contributed by atoms with Gasteiger partial charge in [-0.1, -0.05) is 13.8 Å². The third-order valence-corrected chi connectivity index (χ3v) is 0.856. The molecule has 0 saturated carbocycles. The lowest BCUT2D eigenvalue weighted by molar-refractivity contribution is 0.645. The summed E-state index contributed by atoms with van der Waals surface area (Å²) in [4.78, 5) is 1.49. The van der Waals surface area contributed by atoms with Crippen LogP contribution in [0.2, 0.25) is 0 Å². The molecule has 4 nitrogen and oxygen atoms in total. The van der Waals surface area contributed by atoms with Gasteiger partial charge in [-0.2, -0.15) is 15.0 Å². The molecule has 0 saturated heterocycles. The van der Waals surface area contributed by atoms with E-state index >= 15 is 0 Å². The van der Waals surface area contributed by atoms with Gasteiger partial charge in [-0.3, -0.25) is 0 Å². The molecule has 1 heterocycles. The van der Waals surface area contributed by atoms with Crippen LogP contribution in [0.3, 0.4) is 0 Å². The van der Waals surface area contributed by atoms with Crippen LogP contribution in [-0.2, 0) is 13.6 Å². The fourth-order valence-corrected chi connectivity index (χ4v) is 0.481. The third-order valence-electron chi connectivity index (χ3n) is 0.856. The van der Waals surface area contributed by atoms with Gasteiger partial charge in [0.2, 0.25) is 0 Å². The molecule has 0 fully saturated rings. The van der Waals surface area contributed by atoms with Crippen molar-refractivity contribution in [3.63, 3.8) is 0 Å². The highest BCUT2D eigenvalue weighted by Gasteiger charge is 1.90. The fraction of sp³-hybridized carbons (Fsp3) is 0.667. The highest BCUT2D eigenvalue weighted by atomic mass is 15.4. The van der Waals surface area contributed by atoms with Crippen LogP contribution in [0.5, 0.6) is 0 Å². The van der Waals surface area contributed by atoms with Gasteiger partial charge >= 0.3 is 0 Å². The Morgan fingerprint density at radius 3 is 2.40 bits per heavy atom. The minimum atomic E-state index is 0.466. The molecular formula is C6H14N4. The smallest absolute Gasteiger partial charge is 0.0962 e. The number of rotatable bonds is 1. The van der Waals surface area contributed by atoms with E-state index in [1.165, 1.54) is 4.80 Å². The summed E-state index contributed by atoms with van der Waals surface area (Å²) in [5.41, 5.74) is 6.07. The Bertz CT molecular complexity index is 170. The van der Waals surface area contributed by atoms with E-state index in [0.717, 1.165) is 5.69 Å². The molecule has 2 N–H and O–H groups in total.